The van der Waals surface area contributed by atoms with Gasteiger partial charge in [-0.15, -0.1) is 11.3 Å². The molecule has 1 aromatic carbocycles. The molecule has 0 spiro atoms. The van der Waals surface area contributed by atoms with Crippen LogP contribution in [0.3, 0.4) is 0 Å². The van der Waals surface area contributed by atoms with E-state index in [0.717, 1.165) is 21.5 Å². The summed E-state index contributed by atoms with van der Waals surface area (Å²) in [6.45, 7) is 2.78. The number of halogens is 1. The summed E-state index contributed by atoms with van der Waals surface area (Å²) in [5.74, 6) is -0.300. The van der Waals surface area contributed by atoms with Crippen LogP contribution in [0.4, 0.5) is 11.4 Å². The van der Waals surface area contributed by atoms with Crippen LogP contribution in [-0.4, -0.2) is 48.0 Å². The normalized spacial score (nSPS) is 18.5. The zero-order valence-corrected chi connectivity index (χ0v) is 20.2. The third-order valence-electron chi connectivity index (χ3n) is 5.74. The SMILES string of the molecule is Cc1cc(NC(=O)C2(NC(=O)c3ccc(Br)s3)CCC2)ccc1N1CCOC/C1=N/[N+](=O)[O-]. The first-order chi connectivity index (χ1) is 15.8. The van der Waals surface area contributed by atoms with E-state index in [4.69, 9.17) is 4.74 Å². The Kier molecular flexibility index (Phi) is 6.77. The molecule has 2 fully saturated rings. The number of amides is 2. The lowest BCUT2D eigenvalue weighted by Gasteiger charge is -2.40. The Morgan fingerprint density at radius 2 is 2.09 bits per heavy atom. The summed E-state index contributed by atoms with van der Waals surface area (Å²) in [6, 6.07) is 8.86. The Morgan fingerprint density at radius 3 is 2.70 bits per heavy atom. The molecule has 2 heterocycles. The summed E-state index contributed by atoms with van der Waals surface area (Å²) in [5.41, 5.74) is 1.23. The predicted octanol–water partition coefficient (Wildman–Crippen LogP) is 3.54. The molecule has 10 nitrogen and oxygen atoms in total. The highest BCUT2D eigenvalue weighted by molar-refractivity contribution is 9.11. The minimum Gasteiger partial charge on any atom is -0.371 e. The molecule has 0 bridgehead atoms. The summed E-state index contributed by atoms with van der Waals surface area (Å²) in [4.78, 5) is 38.9. The lowest BCUT2D eigenvalue weighted by atomic mass is 9.75. The molecule has 33 heavy (non-hydrogen) atoms. The van der Waals surface area contributed by atoms with Crippen molar-refractivity contribution < 1.29 is 19.4 Å². The molecular formula is C21H22BrN5O5S. The van der Waals surface area contributed by atoms with Crippen LogP contribution in [0.25, 0.3) is 0 Å². The highest BCUT2D eigenvalue weighted by Gasteiger charge is 2.45. The lowest BCUT2D eigenvalue weighted by molar-refractivity contribution is -0.485. The first-order valence-electron chi connectivity index (χ1n) is 10.3. The number of benzene rings is 1. The van der Waals surface area contributed by atoms with Gasteiger partial charge in [0.15, 0.2) is 5.03 Å². The first-order valence-corrected chi connectivity index (χ1v) is 12.0. The van der Waals surface area contributed by atoms with Gasteiger partial charge in [0, 0.05) is 17.9 Å². The van der Waals surface area contributed by atoms with Crippen LogP contribution < -0.4 is 15.5 Å². The lowest BCUT2D eigenvalue weighted by Crippen LogP contribution is -2.61. The van der Waals surface area contributed by atoms with Gasteiger partial charge in [0.25, 0.3) is 5.91 Å². The number of morpholine rings is 1. The van der Waals surface area contributed by atoms with Crippen molar-refractivity contribution in [2.75, 3.05) is 30.0 Å². The zero-order valence-electron chi connectivity index (χ0n) is 17.8. The van der Waals surface area contributed by atoms with Crippen molar-refractivity contribution in [2.24, 2.45) is 5.10 Å². The molecule has 2 N–H and O–H groups in total. The van der Waals surface area contributed by atoms with Gasteiger partial charge in [-0.25, -0.2) is 10.1 Å². The highest BCUT2D eigenvalue weighted by atomic mass is 79.9. The number of hydrogen-bond donors (Lipinski definition) is 2. The monoisotopic (exact) mass is 535 g/mol. The number of thiophene rings is 1. The van der Waals surface area contributed by atoms with Gasteiger partial charge in [0.1, 0.15) is 12.1 Å². The molecule has 2 aromatic rings. The average Bonchev–Trinajstić information content (AvgIpc) is 3.17. The first kappa shape index (κ1) is 23.3. The molecule has 1 saturated heterocycles. The summed E-state index contributed by atoms with van der Waals surface area (Å²) in [7, 11) is 0. The number of nitrogens with one attached hydrogen (secondary N) is 2. The number of hydrogen-bond acceptors (Lipinski definition) is 6. The largest absolute Gasteiger partial charge is 0.371 e. The van der Waals surface area contributed by atoms with Crippen molar-refractivity contribution in [2.45, 2.75) is 31.7 Å². The molecule has 12 heteroatoms. The summed E-state index contributed by atoms with van der Waals surface area (Å²) < 4.78 is 6.15. The number of carbonyl (C=O) groups excluding carboxylic acids is 2. The Morgan fingerprint density at radius 1 is 1.30 bits per heavy atom. The van der Waals surface area contributed by atoms with Gasteiger partial charge in [-0.3, -0.25) is 9.59 Å². The van der Waals surface area contributed by atoms with Crippen LogP contribution >= 0.6 is 27.3 Å². The Bertz CT molecular complexity index is 1130. The number of anilines is 2. The summed E-state index contributed by atoms with van der Waals surface area (Å²) in [5, 5.41) is 19.4. The van der Waals surface area contributed by atoms with E-state index in [1.165, 1.54) is 11.3 Å². The third-order valence-corrected chi connectivity index (χ3v) is 7.36. The second kappa shape index (κ2) is 9.57. The molecular weight excluding hydrogens is 514 g/mol. The second-order valence-electron chi connectivity index (χ2n) is 7.91. The van der Waals surface area contributed by atoms with Crippen LogP contribution in [-0.2, 0) is 9.53 Å². The van der Waals surface area contributed by atoms with E-state index in [0.29, 0.717) is 36.6 Å². The van der Waals surface area contributed by atoms with Crippen LogP contribution in [0.5, 0.6) is 0 Å². The number of rotatable bonds is 6. The van der Waals surface area contributed by atoms with Gasteiger partial charge < -0.3 is 20.3 Å². The molecule has 1 aliphatic heterocycles. The molecule has 174 valence electrons. The van der Waals surface area contributed by atoms with E-state index >= 15 is 0 Å². The number of hydrazone groups is 1. The van der Waals surface area contributed by atoms with Gasteiger partial charge in [0.2, 0.25) is 11.7 Å². The zero-order chi connectivity index (χ0) is 23.6. The molecule has 2 aliphatic rings. The van der Waals surface area contributed by atoms with E-state index in [1.54, 1.807) is 35.2 Å². The number of nitro groups is 1. The Balaban J connectivity index is 1.48. The smallest absolute Gasteiger partial charge is 0.262 e. The standard InChI is InChI=1S/C21H22BrN5O5S/c1-13-11-14(3-4-15(13)26-9-10-32-12-18(26)25-27(30)31)23-20(29)21(7-2-8-21)24-19(28)16-5-6-17(22)33-16/h3-6,11H,2,7-10,12H2,1H3,(H,23,29)(H,24,28)/b25-18-. The van der Waals surface area contributed by atoms with Gasteiger partial charge in [0.05, 0.1) is 20.4 Å². The maximum atomic E-state index is 13.1. The molecule has 2 amide bonds. The molecule has 0 radical (unpaired) electrons. The predicted molar refractivity (Wildman–Crippen MR) is 128 cm³/mol. The minimum atomic E-state index is -0.935. The maximum absolute atomic E-state index is 13.1. The number of amidine groups is 1. The average molecular weight is 536 g/mol. The summed E-state index contributed by atoms with van der Waals surface area (Å²) >= 11 is 4.66. The molecule has 0 unspecified atom stereocenters. The highest BCUT2D eigenvalue weighted by Crippen LogP contribution is 2.35. The van der Waals surface area contributed by atoms with Gasteiger partial charge in [-0.1, -0.05) is 0 Å². The van der Waals surface area contributed by atoms with Crippen molar-refractivity contribution >= 4 is 56.3 Å². The maximum Gasteiger partial charge on any atom is 0.262 e. The van der Waals surface area contributed by atoms with Crippen LogP contribution in [0, 0.1) is 17.0 Å². The molecule has 1 aromatic heterocycles. The molecule has 1 aliphatic carbocycles. The van der Waals surface area contributed by atoms with Crippen LogP contribution in [0.15, 0.2) is 39.2 Å². The molecule has 0 atom stereocenters. The van der Waals surface area contributed by atoms with Crippen molar-refractivity contribution in [3.8, 4) is 0 Å². The fraction of sp³-hybridized carbons (Fsp3) is 0.381. The fourth-order valence-electron chi connectivity index (χ4n) is 3.90. The minimum absolute atomic E-state index is 0.0575. The van der Waals surface area contributed by atoms with E-state index in [-0.39, 0.29) is 24.3 Å². The van der Waals surface area contributed by atoms with Crippen LogP contribution in [0.1, 0.15) is 34.5 Å². The quantitative estimate of drug-likeness (QED) is 0.430. The van der Waals surface area contributed by atoms with Crippen molar-refractivity contribution in [1.82, 2.24) is 5.32 Å². The number of nitrogens with zero attached hydrogens (tertiary/aromatic N) is 3. The molecule has 4 rings (SSSR count). The van der Waals surface area contributed by atoms with E-state index in [1.807, 2.05) is 6.92 Å². The van der Waals surface area contributed by atoms with Crippen LogP contribution in [0.2, 0.25) is 0 Å². The van der Waals surface area contributed by atoms with Gasteiger partial charge in [-0.05, 0) is 78.0 Å². The topological polar surface area (TPSA) is 126 Å². The Labute approximate surface area is 202 Å². The van der Waals surface area contributed by atoms with E-state index in [9.17, 15) is 19.7 Å². The third kappa shape index (κ3) is 5.07. The second-order valence-corrected chi connectivity index (χ2v) is 10.4. The van der Waals surface area contributed by atoms with E-state index in [2.05, 4.69) is 31.7 Å². The van der Waals surface area contributed by atoms with Gasteiger partial charge in [-0.2, -0.15) is 0 Å². The van der Waals surface area contributed by atoms with Crippen molar-refractivity contribution in [3.63, 3.8) is 0 Å². The number of carbonyl (C=O) groups is 2. The number of aryl methyl sites for hydroxylation is 1. The fourth-order valence-corrected chi connectivity index (χ4v) is 5.19. The number of ether oxygens (including phenoxy) is 1. The Hall–Kier alpha value is -2.83. The van der Waals surface area contributed by atoms with Crippen molar-refractivity contribution in [3.05, 3.63) is 54.7 Å². The van der Waals surface area contributed by atoms with Crippen molar-refractivity contribution in [1.29, 1.82) is 0 Å². The molecule has 1 saturated carbocycles. The van der Waals surface area contributed by atoms with E-state index < -0.39 is 10.6 Å². The summed E-state index contributed by atoms with van der Waals surface area (Å²) in [6.07, 6.45) is 2.00. The van der Waals surface area contributed by atoms with Gasteiger partial charge >= 0.3 is 0 Å².